The zero-order valence-electron chi connectivity index (χ0n) is 20.0. The van der Waals surface area contributed by atoms with Crippen LogP contribution in [0, 0.1) is 12.7 Å². The van der Waals surface area contributed by atoms with Crippen LogP contribution in [0.5, 0.6) is 0 Å². The van der Waals surface area contributed by atoms with Crippen LogP contribution in [0.4, 0.5) is 10.1 Å². The highest BCUT2D eigenvalue weighted by atomic mass is 35.5. The highest BCUT2D eigenvalue weighted by molar-refractivity contribution is 7.92. The first-order valence-corrected chi connectivity index (χ1v) is 13.1. The van der Waals surface area contributed by atoms with Crippen molar-refractivity contribution in [1.29, 1.82) is 0 Å². The van der Waals surface area contributed by atoms with Crippen LogP contribution in [-0.4, -0.2) is 50.0 Å². The van der Waals surface area contributed by atoms with E-state index in [0.717, 1.165) is 33.8 Å². The highest BCUT2D eigenvalue weighted by Gasteiger charge is 2.32. The fourth-order valence-corrected chi connectivity index (χ4v) is 4.46. The van der Waals surface area contributed by atoms with Crippen LogP contribution in [0.1, 0.15) is 38.3 Å². The Bertz CT molecular complexity index is 1120. The number of carbonyl (C=O) groups is 2. The van der Waals surface area contributed by atoms with Crippen molar-refractivity contribution in [2.75, 3.05) is 17.1 Å². The molecule has 1 N–H and O–H groups in total. The topological polar surface area (TPSA) is 86.8 Å². The Hall–Kier alpha value is -2.65. The van der Waals surface area contributed by atoms with Gasteiger partial charge in [-0.15, -0.1) is 0 Å². The maximum absolute atomic E-state index is 13.6. The van der Waals surface area contributed by atoms with Crippen LogP contribution in [-0.2, 0) is 26.2 Å². The molecule has 0 saturated heterocycles. The maximum Gasteiger partial charge on any atom is 0.244 e. The lowest BCUT2D eigenvalue weighted by Gasteiger charge is -2.33. The second kappa shape index (κ2) is 11.7. The standard InChI is InChI=1S/C24H31ClFN3O4S/c1-6-22(24(31)27-16(2)3)28(14-18-9-7-17(4)8-10-18)23(30)15-29(34(5,32)33)19-11-12-21(26)20(25)13-19/h7-13,16,22H,6,14-15H2,1-5H3,(H,27,31)/t22-/m1/s1. The lowest BCUT2D eigenvalue weighted by atomic mass is 10.1. The lowest BCUT2D eigenvalue weighted by molar-refractivity contribution is -0.140. The zero-order valence-corrected chi connectivity index (χ0v) is 21.6. The molecule has 0 heterocycles. The van der Waals surface area contributed by atoms with Gasteiger partial charge in [-0.05, 0) is 51.0 Å². The minimum atomic E-state index is -3.92. The molecule has 0 bridgehead atoms. The van der Waals surface area contributed by atoms with Gasteiger partial charge in [0, 0.05) is 12.6 Å². The third-order valence-electron chi connectivity index (χ3n) is 5.16. The van der Waals surface area contributed by atoms with Gasteiger partial charge in [0.1, 0.15) is 18.4 Å². The van der Waals surface area contributed by atoms with Gasteiger partial charge in [0.05, 0.1) is 17.0 Å². The van der Waals surface area contributed by atoms with Gasteiger partial charge in [-0.2, -0.15) is 0 Å². The van der Waals surface area contributed by atoms with E-state index in [1.54, 1.807) is 6.92 Å². The highest BCUT2D eigenvalue weighted by Crippen LogP contribution is 2.25. The molecule has 0 spiro atoms. The largest absolute Gasteiger partial charge is 0.352 e. The second-order valence-corrected chi connectivity index (χ2v) is 10.8. The minimum Gasteiger partial charge on any atom is -0.352 e. The molecular weight excluding hydrogens is 481 g/mol. The smallest absolute Gasteiger partial charge is 0.244 e. The number of hydrogen-bond acceptors (Lipinski definition) is 4. The van der Waals surface area contributed by atoms with Gasteiger partial charge in [-0.3, -0.25) is 13.9 Å². The lowest BCUT2D eigenvalue weighted by Crippen LogP contribution is -2.53. The number of anilines is 1. The third kappa shape index (κ3) is 7.43. The third-order valence-corrected chi connectivity index (χ3v) is 6.59. The van der Waals surface area contributed by atoms with Crippen molar-refractivity contribution in [2.24, 2.45) is 0 Å². The SMILES string of the molecule is CC[C@H](C(=O)NC(C)C)N(Cc1ccc(C)cc1)C(=O)CN(c1ccc(F)c(Cl)c1)S(C)(=O)=O. The van der Waals surface area contributed by atoms with Crippen molar-refractivity contribution < 1.29 is 22.4 Å². The molecule has 0 aliphatic heterocycles. The molecule has 186 valence electrons. The molecule has 0 aromatic heterocycles. The van der Waals surface area contributed by atoms with Crippen molar-refractivity contribution in [2.45, 2.75) is 52.7 Å². The monoisotopic (exact) mass is 511 g/mol. The molecule has 0 fully saturated rings. The molecule has 0 aliphatic rings. The van der Waals surface area contributed by atoms with E-state index in [1.807, 2.05) is 45.0 Å². The van der Waals surface area contributed by atoms with Crippen molar-refractivity contribution in [1.82, 2.24) is 10.2 Å². The summed E-state index contributed by atoms with van der Waals surface area (Å²) in [7, 11) is -3.92. The van der Waals surface area contributed by atoms with Crippen LogP contribution in [0.25, 0.3) is 0 Å². The van der Waals surface area contributed by atoms with E-state index in [9.17, 15) is 22.4 Å². The van der Waals surface area contributed by atoms with Crippen molar-refractivity contribution >= 4 is 39.1 Å². The number of aryl methyl sites for hydroxylation is 1. The summed E-state index contributed by atoms with van der Waals surface area (Å²) in [4.78, 5) is 27.8. The van der Waals surface area contributed by atoms with E-state index >= 15 is 0 Å². The van der Waals surface area contributed by atoms with Gasteiger partial charge in [0.2, 0.25) is 21.8 Å². The van der Waals surface area contributed by atoms with Crippen molar-refractivity contribution in [3.05, 3.63) is 64.4 Å². The second-order valence-electron chi connectivity index (χ2n) is 8.46. The van der Waals surface area contributed by atoms with Crippen LogP contribution in [0.15, 0.2) is 42.5 Å². The van der Waals surface area contributed by atoms with E-state index in [4.69, 9.17) is 11.6 Å². The summed E-state index contributed by atoms with van der Waals surface area (Å²) in [6, 6.07) is 10.00. The van der Waals surface area contributed by atoms with E-state index < -0.39 is 34.3 Å². The molecule has 0 unspecified atom stereocenters. The van der Waals surface area contributed by atoms with Crippen LogP contribution < -0.4 is 9.62 Å². The normalized spacial score (nSPS) is 12.4. The quantitative estimate of drug-likeness (QED) is 0.524. The van der Waals surface area contributed by atoms with Gasteiger partial charge in [0.25, 0.3) is 0 Å². The Morgan fingerprint density at radius 3 is 2.24 bits per heavy atom. The van der Waals surface area contributed by atoms with Crippen LogP contribution in [0.3, 0.4) is 0 Å². The van der Waals surface area contributed by atoms with Crippen molar-refractivity contribution in [3.8, 4) is 0 Å². The number of sulfonamides is 1. The zero-order chi connectivity index (χ0) is 25.6. The summed E-state index contributed by atoms with van der Waals surface area (Å²) in [5.74, 6) is -1.60. The molecule has 10 heteroatoms. The van der Waals surface area contributed by atoms with Crippen molar-refractivity contribution in [3.63, 3.8) is 0 Å². The van der Waals surface area contributed by atoms with Crippen LogP contribution in [0.2, 0.25) is 5.02 Å². The summed E-state index contributed by atoms with van der Waals surface area (Å²) in [5, 5.41) is 2.56. The van der Waals surface area contributed by atoms with E-state index in [2.05, 4.69) is 5.32 Å². The minimum absolute atomic E-state index is 0.0530. The first-order valence-electron chi connectivity index (χ1n) is 10.9. The fourth-order valence-electron chi connectivity index (χ4n) is 3.44. The number of nitrogens with one attached hydrogen (secondary N) is 1. The summed E-state index contributed by atoms with van der Waals surface area (Å²) in [6.07, 6.45) is 1.28. The van der Waals surface area contributed by atoms with Crippen LogP contribution >= 0.6 is 11.6 Å². The molecule has 7 nitrogen and oxygen atoms in total. The summed E-state index contributed by atoms with van der Waals surface area (Å²) in [5.41, 5.74) is 1.89. The first kappa shape index (κ1) is 27.6. The Balaban J connectivity index is 2.45. The summed E-state index contributed by atoms with van der Waals surface area (Å²) < 4.78 is 39.6. The number of rotatable bonds is 10. The number of carbonyl (C=O) groups excluding carboxylic acids is 2. The average Bonchev–Trinajstić information content (AvgIpc) is 2.74. The van der Waals surface area contributed by atoms with Gasteiger partial charge < -0.3 is 10.2 Å². The van der Waals surface area contributed by atoms with Gasteiger partial charge in [-0.1, -0.05) is 48.4 Å². The maximum atomic E-state index is 13.6. The Morgan fingerprint density at radius 2 is 1.74 bits per heavy atom. The number of benzene rings is 2. The molecule has 2 amide bonds. The molecule has 0 radical (unpaired) electrons. The Morgan fingerprint density at radius 1 is 1.12 bits per heavy atom. The van der Waals surface area contributed by atoms with E-state index in [-0.39, 0.29) is 29.2 Å². The molecule has 0 saturated carbocycles. The predicted molar refractivity (Wildman–Crippen MR) is 133 cm³/mol. The number of halogens is 2. The first-order chi connectivity index (χ1) is 15.8. The molecule has 2 aromatic carbocycles. The molecule has 2 aromatic rings. The van der Waals surface area contributed by atoms with Gasteiger partial charge in [0.15, 0.2) is 0 Å². The number of nitrogens with zero attached hydrogens (tertiary/aromatic N) is 2. The predicted octanol–water partition coefficient (Wildman–Crippen LogP) is 3.89. The van der Waals surface area contributed by atoms with Gasteiger partial charge >= 0.3 is 0 Å². The molecule has 2 rings (SSSR count). The molecule has 1 atom stereocenters. The number of hydrogen-bond donors (Lipinski definition) is 1. The molecule has 34 heavy (non-hydrogen) atoms. The van der Waals surface area contributed by atoms with Gasteiger partial charge in [-0.25, -0.2) is 12.8 Å². The number of amides is 2. The Labute approximate surface area is 205 Å². The van der Waals surface area contributed by atoms with E-state index in [1.165, 1.54) is 11.0 Å². The summed E-state index contributed by atoms with van der Waals surface area (Å²) in [6.45, 7) is 6.91. The molecular formula is C24H31ClFN3O4S. The Kier molecular flexibility index (Phi) is 9.46. The molecule has 0 aliphatic carbocycles. The fraction of sp³-hybridized carbons (Fsp3) is 0.417. The average molecular weight is 512 g/mol. The summed E-state index contributed by atoms with van der Waals surface area (Å²) >= 11 is 5.85. The van der Waals surface area contributed by atoms with E-state index in [0.29, 0.717) is 6.42 Å².